The average Bonchev–Trinajstić information content (AvgIpc) is 3.25. The molecule has 3 aromatic rings. The number of hydrogen-bond donors (Lipinski definition) is 0. The molecule has 1 aliphatic rings. The van der Waals surface area contributed by atoms with Crippen LogP contribution in [0.25, 0.3) is 5.65 Å². The number of hydrogen-bond acceptors (Lipinski definition) is 4. The molecule has 2 aromatic heterocycles. The van der Waals surface area contributed by atoms with Gasteiger partial charge in [-0.15, -0.1) is 0 Å². The first-order valence-electron chi connectivity index (χ1n) is 11.6. The van der Waals surface area contributed by atoms with Crippen molar-refractivity contribution in [3.63, 3.8) is 0 Å². The zero-order valence-corrected chi connectivity index (χ0v) is 19.2. The lowest BCUT2D eigenvalue weighted by atomic mass is 9.96. The zero-order chi connectivity index (χ0) is 22.3. The van der Waals surface area contributed by atoms with Gasteiger partial charge in [0.15, 0.2) is 0 Å². The number of carbonyl (C=O) groups excluding carboxylic acids is 1. The Morgan fingerprint density at radius 1 is 1.12 bits per heavy atom. The van der Waals surface area contributed by atoms with Gasteiger partial charge in [0.05, 0.1) is 12.8 Å². The monoisotopic (exact) mass is 434 g/mol. The molecule has 170 valence electrons. The number of ether oxygens (including phenoxy) is 1. The third-order valence-corrected chi connectivity index (χ3v) is 6.51. The van der Waals surface area contributed by atoms with Crippen LogP contribution in [0.2, 0.25) is 0 Å². The molecule has 0 spiro atoms. The lowest BCUT2D eigenvalue weighted by Crippen LogP contribution is -2.41. The highest BCUT2D eigenvalue weighted by atomic mass is 16.5. The molecular weight excluding hydrogens is 400 g/mol. The number of pyridine rings is 1. The summed E-state index contributed by atoms with van der Waals surface area (Å²) < 4.78 is 7.28. The molecule has 0 saturated carbocycles. The van der Waals surface area contributed by atoms with Gasteiger partial charge in [-0.3, -0.25) is 4.79 Å². The first kappa shape index (κ1) is 22.3. The van der Waals surface area contributed by atoms with Crippen LogP contribution in [0.15, 0.2) is 54.9 Å². The number of nitrogens with zero attached hydrogens (tertiary/aromatic N) is 4. The van der Waals surface area contributed by atoms with E-state index in [1.54, 1.807) is 7.11 Å². The summed E-state index contributed by atoms with van der Waals surface area (Å²) in [6.45, 7) is 3.84. The van der Waals surface area contributed by atoms with Crippen LogP contribution in [0.1, 0.15) is 30.5 Å². The maximum absolute atomic E-state index is 13.3. The molecule has 1 aromatic carbocycles. The van der Waals surface area contributed by atoms with E-state index >= 15 is 0 Å². The third kappa shape index (κ3) is 5.88. The van der Waals surface area contributed by atoms with Crippen LogP contribution in [-0.2, 0) is 17.6 Å². The Morgan fingerprint density at radius 2 is 1.91 bits per heavy atom. The standard InChI is InChI=1S/C26H34N4O2/c1-28-16-12-22(13-17-28)19-30(18-14-21-6-9-24(32-2)10-7-21)26(31)11-8-23-20-29-15-4-3-5-25(29)27-23/h3-7,9-10,15,20,22H,8,11-14,16-19H2,1-2H3. The van der Waals surface area contributed by atoms with Crippen molar-refractivity contribution in [1.82, 2.24) is 19.2 Å². The van der Waals surface area contributed by atoms with Crippen LogP contribution < -0.4 is 4.74 Å². The van der Waals surface area contributed by atoms with Crippen molar-refractivity contribution in [2.24, 2.45) is 5.92 Å². The van der Waals surface area contributed by atoms with Gasteiger partial charge in [0, 0.05) is 31.9 Å². The van der Waals surface area contributed by atoms with Crippen molar-refractivity contribution in [3.05, 3.63) is 66.1 Å². The second-order valence-corrected chi connectivity index (χ2v) is 8.88. The lowest BCUT2D eigenvalue weighted by Gasteiger charge is -2.33. The summed E-state index contributed by atoms with van der Waals surface area (Å²) in [4.78, 5) is 22.4. The minimum atomic E-state index is 0.231. The van der Waals surface area contributed by atoms with Crippen molar-refractivity contribution in [1.29, 1.82) is 0 Å². The molecule has 1 aliphatic heterocycles. The van der Waals surface area contributed by atoms with Gasteiger partial charge < -0.3 is 18.9 Å². The van der Waals surface area contributed by atoms with Gasteiger partial charge in [-0.1, -0.05) is 18.2 Å². The second-order valence-electron chi connectivity index (χ2n) is 8.88. The number of amides is 1. The van der Waals surface area contributed by atoms with Crippen LogP contribution in [0.3, 0.4) is 0 Å². The minimum absolute atomic E-state index is 0.231. The second kappa shape index (κ2) is 10.6. The number of rotatable bonds is 9. The van der Waals surface area contributed by atoms with Crippen molar-refractivity contribution < 1.29 is 9.53 Å². The Kier molecular flexibility index (Phi) is 7.43. The number of carbonyl (C=O) groups is 1. The number of aryl methyl sites for hydroxylation is 1. The molecule has 1 saturated heterocycles. The van der Waals surface area contributed by atoms with Crippen LogP contribution in [-0.4, -0.2) is 65.4 Å². The van der Waals surface area contributed by atoms with E-state index in [2.05, 4.69) is 34.0 Å². The summed E-state index contributed by atoms with van der Waals surface area (Å²) in [5, 5.41) is 0. The number of methoxy groups -OCH3 is 1. The normalized spacial score (nSPS) is 15.2. The predicted octanol–water partition coefficient (Wildman–Crippen LogP) is 3.69. The van der Waals surface area contributed by atoms with Gasteiger partial charge in [-0.05, 0) is 81.6 Å². The maximum atomic E-state index is 13.3. The minimum Gasteiger partial charge on any atom is -0.497 e. The SMILES string of the molecule is COc1ccc(CCN(CC2CCN(C)CC2)C(=O)CCc2cn3ccccc3n2)cc1. The smallest absolute Gasteiger partial charge is 0.222 e. The zero-order valence-electron chi connectivity index (χ0n) is 19.2. The van der Waals surface area contributed by atoms with E-state index in [0.29, 0.717) is 18.8 Å². The molecule has 0 atom stereocenters. The quantitative estimate of drug-likeness (QED) is 0.515. The first-order valence-corrected chi connectivity index (χ1v) is 11.6. The summed E-state index contributed by atoms with van der Waals surface area (Å²) in [5.41, 5.74) is 3.13. The van der Waals surface area contributed by atoms with Gasteiger partial charge in [0.1, 0.15) is 11.4 Å². The van der Waals surface area contributed by atoms with Gasteiger partial charge in [-0.25, -0.2) is 4.98 Å². The molecule has 0 N–H and O–H groups in total. The number of likely N-dealkylation sites (tertiary alicyclic amines) is 1. The Hall–Kier alpha value is -2.86. The molecular formula is C26H34N4O2. The molecule has 0 aliphatic carbocycles. The van der Waals surface area contributed by atoms with E-state index in [9.17, 15) is 4.79 Å². The molecule has 6 nitrogen and oxygen atoms in total. The highest BCUT2D eigenvalue weighted by molar-refractivity contribution is 5.76. The Labute approximate surface area is 190 Å². The van der Waals surface area contributed by atoms with Crippen molar-refractivity contribution >= 4 is 11.6 Å². The number of fused-ring (bicyclic) bond motifs is 1. The predicted molar refractivity (Wildman–Crippen MR) is 127 cm³/mol. The molecule has 0 bridgehead atoms. The molecule has 0 unspecified atom stereocenters. The van der Waals surface area contributed by atoms with Gasteiger partial charge in [0.2, 0.25) is 5.91 Å². The van der Waals surface area contributed by atoms with Gasteiger partial charge >= 0.3 is 0 Å². The molecule has 6 heteroatoms. The molecule has 3 heterocycles. The molecule has 0 radical (unpaired) electrons. The Morgan fingerprint density at radius 3 is 2.62 bits per heavy atom. The van der Waals surface area contributed by atoms with Crippen LogP contribution in [0.4, 0.5) is 0 Å². The summed E-state index contributed by atoms with van der Waals surface area (Å²) in [7, 11) is 3.86. The van der Waals surface area contributed by atoms with E-state index < -0.39 is 0 Å². The summed E-state index contributed by atoms with van der Waals surface area (Å²) in [6.07, 6.45) is 8.38. The summed E-state index contributed by atoms with van der Waals surface area (Å²) in [5.74, 6) is 1.68. The highest BCUT2D eigenvalue weighted by Gasteiger charge is 2.22. The fraction of sp³-hybridized carbons (Fsp3) is 0.462. The highest BCUT2D eigenvalue weighted by Crippen LogP contribution is 2.19. The van der Waals surface area contributed by atoms with E-state index in [0.717, 1.165) is 62.5 Å². The van der Waals surface area contributed by atoms with Crippen LogP contribution >= 0.6 is 0 Å². The Balaban J connectivity index is 1.38. The summed E-state index contributed by atoms with van der Waals surface area (Å²) >= 11 is 0. The molecule has 1 amide bonds. The molecule has 4 rings (SSSR count). The van der Waals surface area contributed by atoms with Crippen molar-refractivity contribution in [2.75, 3.05) is 40.3 Å². The number of benzene rings is 1. The van der Waals surface area contributed by atoms with Crippen molar-refractivity contribution in [3.8, 4) is 5.75 Å². The van der Waals surface area contributed by atoms with Gasteiger partial charge in [0.25, 0.3) is 0 Å². The average molecular weight is 435 g/mol. The summed E-state index contributed by atoms with van der Waals surface area (Å²) in [6, 6.07) is 14.1. The molecule has 1 fully saturated rings. The van der Waals surface area contributed by atoms with Gasteiger partial charge in [-0.2, -0.15) is 0 Å². The fourth-order valence-corrected chi connectivity index (χ4v) is 4.43. The van der Waals surface area contributed by atoms with E-state index in [1.807, 2.05) is 47.1 Å². The maximum Gasteiger partial charge on any atom is 0.222 e. The number of aromatic nitrogens is 2. The van der Waals surface area contributed by atoms with E-state index in [-0.39, 0.29) is 5.91 Å². The van der Waals surface area contributed by atoms with E-state index in [1.165, 1.54) is 5.56 Å². The lowest BCUT2D eigenvalue weighted by molar-refractivity contribution is -0.132. The van der Waals surface area contributed by atoms with Crippen LogP contribution in [0.5, 0.6) is 5.75 Å². The fourth-order valence-electron chi connectivity index (χ4n) is 4.43. The number of imidazole rings is 1. The third-order valence-electron chi connectivity index (χ3n) is 6.51. The largest absolute Gasteiger partial charge is 0.497 e. The van der Waals surface area contributed by atoms with Crippen molar-refractivity contribution in [2.45, 2.75) is 32.1 Å². The topological polar surface area (TPSA) is 50.1 Å². The number of piperidine rings is 1. The van der Waals surface area contributed by atoms with Crippen LogP contribution in [0, 0.1) is 5.92 Å². The van der Waals surface area contributed by atoms with E-state index in [4.69, 9.17) is 4.74 Å². The molecule has 32 heavy (non-hydrogen) atoms. The Bertz CT molecular complexity index is 973. The first-order chi connectivity index (χ1) is 15.6.